The van der Waals surface area contributed by atoms with Crippen LogP contribution >= 0.6 is 0 Å². The van der Waals surface area contributed by atoms with E-state index in [1.165, 1.54) is 6.08 Å². The van der Waals surface area contributed by atoms with Gasteiger partial charge in [0, 0.05) is 0 Å². The van der Waals surface area contributed by atoms with Gasteiger partial charge in [-0.3, -0.25) is 0 Å². The minimum absolute atomic E-state index is 0.0270. The molecule has 1 aromatic carbocycles. The van der Waals surface area contributed by atoms with Crippen LogP contribution in [-0.2, 0) is 9.53 Å². The third kappa shape index (κ3) is 5.24. The molecule has 0 unspecified atom stereocenters. The molecule has 0 radical (unpaired) electrons. The first-order valence-electron chi connectivity index (χ1n) is 5.99. The lowest BCUT2D eigenvalue weighted by Gasteiger charge is -2.09. The normalized spacial score (nSPS) is 9.25. The average Bonchev–Trinajstić information content (AvgIpc) is 2.43. The van der Waals surface area contributed by atoms with E-state index in [1.54, 1.807) is 50.3 Å². The van der Waals surface area contributed by atoms with Gasteiger partial charge in [-0.25, -0.2) is 4.79 Å². The van der Waals surface area contributed by atoms with Gasteiger partial charge in [-0.2, -0.15) is 10.5 Å². The summed E-state index contributed by atoms with van der Waals surface area (Å²) in [6, 6.07) is 10.3. The maximum absolute atomic E-state index is 11.3. The Balaban J connectivity index is 2.60. The van der Waals surface area contributed by atoms with E-state index >= 15 is 0 Å². The van der Waals surface area contributed by atoms with Gasteiger partial charge in [-0.1, -0.05) is 12.1 Å². The molecule has 0 heterocycles. The number of carbonyl (C=O) groups excluding carboxylic acids is 1. The van der Waals surface area contributed by atoms with Crippen LogP contribution in [0, 0.1) is 22.7 Å². The fourth-order valence-corrected chi connectivity index (χ4v) is 1.36. The molecule has 5 nitrogen and oxygen atoms in total. The van der Waals surface area contributed by atoms with E-state index in [1.807, 2.05) is 0 Å². The molecule has 0 aromatic heterocycles. The number of carbonyl (C=O) groups is 1. The highest BCUT2D eigenvalue weighted by Gasteiger charge is 2.06. The van der Waals surface area contributed by atoms with Crippen LogP contribution in [0.15, 0.2) is 29.8 Å². The molecule has 1 aromatic rings. The first-order chi connectivity index (χ1) is 9.55. The Labute approximate surface area is 117 Å². The number of benzene rings is 1. The van der Waals surface area contributed by atoms with Crippen molar-refractivity contribution in [3.8, 4) is 17.9 Å². The van der Waals surface area contributed by atoms with Crippen molar-refractivity contribution in [1.29, 1.82) is 10.5 Å². The van der Waals surface area contributed by atoms with Crippen LogP contribution in [0.1, 0.15) is 19.4 Å². The number of nitrogens with zero attached hydrogens (tertiary/aromatic N) is 2. The Hall–Kier alpha value is -2.79. The molecule has 5 heteroatoms. The molecule has 0 N–H and O–H groups in total. The summed E-state index contributed by atoms with van der Waals surface area (Å²) in [5, 5.41) is 17.3. The van der Waals surface area contributed by atoms with Crippen molar-refractivity contribution in [1.82, 2.24) is 0 Å². The Morgan fingerprint density at radius 1 is 1.25 bits per heavy atom. The summed E-state index contributed by atoms with van der Waals surface area (Å²) in [5.74, 6) is 0.0820. The molecule has 0 saturated carbocycles. The molecular formula is C15H14N2O3. The van der Waals surface area contributed by atoms with Crippen LogP contribution in [-0.4, -0.2) is 18.7 Å². The van der Waals surface area contributed by atoms with E-state index in [4.69, 9.17) is 20.0 Å². The first kappa shape index (κ1) is 15.3. The molecular weight excluding hydrogens is 256 g/mol. The molecule has 0 saturated heterocycles. The minimum atomic E-state index is -0.430. The summed E-state index contributed by atoms with van der Waals surface area (Å²) in [7, 11) is 0. The van der Waals surface area contributed by atoms with Crippen LogP contribution in [0.5, 0.6) is 5.75 Å². The van der Waals surface area contributed by atoms with Crippen LogP contribution in [0.25, 0.3) is 6.08 Å². The third-order valence-electron chi connectivity index (χ3n) is 2.16. The van der Waals surface area contributed by atoms with Gasteiger partial charge in [-0.15, -0.1) is 0 Å². The number of ether oxygens (including phenoxy) is 2. The van der Waals surface area contributed by atoms with Crippen molar-refractivity contribution in [2.45, 2.75) is 20.0 Å². The van der Waals surface area contributed by atoms with Gasteiger partial charge in [0.25, 0.3) is 0 Å². The van der Waals surface area contributed by atoms with Gasteiger partial charge >= 0.3 is 5.97 Å². The van der Waals surface area contributed by atoms with Crippen LogP contribution in [0.2, 0.25) is 0 Å². The number of allylic oxidation sites excluding steroid dienone is 1. The fourth-order valence-electron chi connectivity index (χ4n) is 1.36. The van der Waals surface area contributed by atoms with Crippen LogP contribution in [0.3, 0.4) is 0 Å². The van der Waals surface area contributed by atoms with Crippen molar-refractivity contribution >= 4 is 12.0 Å². The van der Waals surface area contributed by atoms with E-state index in [0.29, 0.717) is 11.3 Å². The highest BCUT2D eigenvalue weighted by molar-refractivity contribution is 5.71. The lowest BCUT2D eigenvalue weighted by molar-refractivity contribution is -0.149. The molecule has 102 valence electrons. The predicted octanol–water partition coefficient (Wildman–Crippen LogP) is 2.45. The zero-order chi connectivity index (χ0) is 15.0. The standard InChI is InChI=1S/C15H14N2O3/c1-11(2)20-15(18)10-19-14-5-3-12(4-6-14)7-13(8-16)9-17/h3-7,11H,10H2,1-2H3. The van der Waals surface area contributed by atoms with Gasteiger partial charge in [0.2, 0.25) is 0 Å². The topological polar surface area (TPSA) is 83.1 Å². The molecule has 0 aliphatic carbocycles. The largest absolute Gasteiger partial charge is 0.482 e. The fraction of sp³-hybridized carbons (Fsp3) is 0.267. The summed E-state index contributed by atoms with van der Waals surface area (Å²) in [5.41, 5.74) is 0.736. The summed E-state index contributed by atoms with van der Waals surface area (Å²) >= 11 is 0. The Kier molecular flexibility index (Phi) is 5.80. The lowest BCUT2D eigenvalue weighted by Crippen LogP contribution is -2.18. The molecule has 0 fully saturated rings. The highest BCUT2D eigenvalue weighted by atomic mass is 16.6. The molecule has 0 amide bonds. The first-order valence-corrected chi connectivity index (χ1v) is 5.99. The zero-order valence-electron chi connectivity index (χ0n) is 11.3. The van der Waals surface area contributed by atoms with Gasteiger partial charge in [0.1, 0.15) is 23.5 Å². The van der Waals surface area contributed by atoms with Crippen molar-refractivity contribution in [3.05, 3.63) is 35.4 Å². The Morgan fingerprint density at radius 2 is 1.85 bits per heavy atom. The SMILES string of the molecule is CC(C)OC(=O)COc1ccc(C=C(C#N)C#N)cc1. The van der Waals surface area contributed by atoms with Crippen molar-refractivity contribution in [2.24, 2.45) is 0 Å². The zero-order valence-corrected chi connectivity index (χ0v) is 11.3. The van der Waals surface area contributed by atoms with Crippen molar-refractivity contribution < 1.29 is 14.3 Å². The summed E-state index contributed by atoms with van der Waals surface area (Å²) < 4.78 is 10.2. The summed E-state index contributed by atoms with van der Waals surface area (Å²) in [4.78, 5) is 11.3. The van der Waals surface area contributed by atoms with Gasteiger partial charge < -0.3 is 9.47 Å². The molecule has 0 aliphatic heterocycles. The van der Waals surface area contributed by atoms with Crippen LogP contribution in [0.4, 0.5) is 0 Å². The second-order valence-corrected chi connectivity index (χ2v) is 4.18. The minimum Gasteiger partial charge on any atom is -0.482 e. The maximum Gasteiger partial charge on any atom is 0.344 e. The van der Waals surface area contributed by atoms with Gasteiger partial charge in [-0.05, 0) is 37.6 Å². The Morgan fingerprint density at radius 3 is 2.35 bits per heavy atom. The maximum atomic E-state index is 11.3. The molecule has 1 rings (SSSR count). The molecule has 20 heavy (non-hydrogen) atoms. The van der Waals surface area contributed by atoms with Crippen molar-refractivity contribution in [3.63, 3.8) is 0 Å². The van der Waals surface area contributed by atoms with E-state index in [0.717, 1.165) is 0 Å². The predicted molar refractivity (Wildman–Crippen MR) is 72.4 cm³/mol. The van der Waals surface area contributed by atoms with Gasteiger partial charge in [0.15, 0.2) is 6.61 Å². The smallest absolute Gasteiger partial charge is 0.344 e. The summed E-state index contributed by atoms with van der Waals surface area (Å²) in [6.07, 6.45) is 1.30. The number of esters is 1. The second-order valence-electron chi connectivity index (χ2n) is 4.18. The van der Waals surface area contributed by atoms with Gasteiger partial charge in [0.05, 0.1) is 6.10 Å². The molecule has 0 spiro atoms. The number of hydrogen-bond acceptors (Lipinski definition) is 5. The monoisotopic (exact) mass is 270 g/mol. The van der Waals surface area contributed by atoms with Crippen molar-refractivity contribution in [2.75, 3.05) is 6.61 Å². The lowest BCUT2D eigenvalue weighted by atomic mass is 10.1. The number of nitriles is 2. The third-order valence-corrected chi connectivity index (χ3v) is 2.16. The molecule has 0 bridgehead atoms. The van der Waals surface area contributed by atoms with Crippen LogP contribution < -0.4 is 4.74 Å². The number of rotatable bonds is 5. The second kappa shape index (κ2) is 7.60. The van der Waals surface area contributed by atoms with E-state index < -0.39 is 5.97 Å². The highest BCUT2D eigenvalue weighted by Crippen LogP contribution is 2.14. The van der Waals surface area contributed by atoms with E-state index in [9.17, 15) is 4.79 Å². The summed E-state index contributed by atoms with van der Waals surface area (Å²) in [6.45, 7) is 3.37. The quantitative estimate of drug-likeness (QED) is 0.606. The molecule has 0 aliphatic rings. The Bertz CT molecular complexity index is 559. The van der Waals surface area contributed by atoms with E-state index in [-0.39, 0.29) is 18.3 Å². The number of hydrogen-bond donors (Lipinski definition) is 0. The van der Waals surface area contributed by atoms with E-state index in [2.05, 4.69) is 0 Å². The average molecular weight is 270 g/mol. The molecule has 0 atom stereocenters.